The van der Waals surface area contributed by atoms with Gasteiger partial charge in [-0.15, -0.1) is 0 Å². The molecule has 1 heterocycles. The van der Waals surface area contributed by atoms with Crippen LogP contribution in [0.25, 0.3) is 0 Å². The van der Waals surface area contributed by atoms with Crippen LogP contribution < -0.4 is 10.6 Å². The smallest absolute Gasteiger partial charge is 0.288 e. The van der Waals surface area contributed by atoms with Crippen molar-refractivity contribution < 1.29 is 9.59 Å². The third-order valence-electron chi connectivity index (χ3n) is 2.22. The first-order valence-electron chi connectivity index (χ1n) is 4.93. The highest BCUT2D eigenvalue weighted by Gasteiger charge is 2.31. The summed E-state index contributed by atoms with van der Waals surface area (Å²) in [6.07, 6.45) is 0.359. The number of benzene rings is 1. The lowest BCUT2D eigenvalue weighted by atomic mass is 10.1. The van der Waals surface area contributed by atoms with E-state index < -0.39 is 5.37 Å². The lowest BCUT2D eigenvalue weighted by molar-refractivity contribution is -0.118. The van der Waals surface area contributed by atoms with Crippen molar-refractivity contribution in [1.82, 2.24) is 5.32 Å². The fourth-order valence-electron chi connectivity index (χ4n) is 1.41. The van der Waals surface area contributed by atoms with Gasteiger partial charge in [-0.3, -0.25) is 14.9 Å². The molecule has 1 aromatic carbocycles. The first-order valence-corrected chi connectivity index (χ1v) is 5.81. The van der Waals surface area contributed by atoms with Crippen LogP contribution in [-0.2, 0) is 11.2 Å². The van der Waals surface area contributed by atoms with E-state index in [1.54, 1.807) is 12.1 Å². The molecule has 0 bridgehead atoms. The van der Waals surface area contributed by atoms with E-state index in [2.05, 4.69) is 16.7 Å². The molecule has 1 aliphatic heterocycles. The largest absolute Gasteiger partial charge is 0.365 e. The molecule has 6 heteroatoms. The van der Waals surface area contributed by atoms with Crippen LogP contribution in [0, 0.1) is 11.3 Å². The van der Waals surface area contributed by atoms with Crippen LogP contribution in [-0.4, -0.2) is 16.5 Å². The number of amides is 2. The maximum Gasteiger partial charge on any atom is 0.288 e. The molecule has 86 valence electrons. The summed E-state index contributed by atoms with van der Waals surface area (Å²) in [7, 11) is 0. The van der Waals surface area contributed by atoms with Gasteiger partial charge in [0.2, 0.25) is 0 Å². The van der Waals surface area contributed by atoms with Crippen molar-refractivity contribution in [1.29, 1.82) is 5.26 Å². The molecule has 1 aliphatic rings. The molecule has 0 saturated carbocycles. The highest BCUT2D eigenvalue weighted by molar-refractivity contribution is 8.15. The molecular weight excluding hydrogens is 238 g/mol. The standard InChI is InChI=1S/C11H9N3O2S/c12-6-5-7-1-3-8(4-2-7)13-10-9(15)14-11(16)17-10/h1-4,10,13H,5H2,(H,14,15,16)/t10-/m0/s1. The second-order valence-corrected chi connectivity index (χ2v) is 4.53. The number of hydrogen-bond donors (Lipinski definition) is 2. The van der Waals surface area contributed by atoms with Crippen molar-refractivity contribution in [2.45, 2.75) is 11.8 Å². The van der Waals surface area contributed by atoms with Crippen molar-refractivity contribution in [3.05, 3.63) is 29.8 Å². The first-order chi connectivity index (χ1) is 8.19. The summed E-state index contributed by atoms with van der Waals surface area (Å²) in [5.74, 6) is -0.332. The summed E-state index contributed by atoms with van der Waals surface area (Å²) in [4.78, 5) is 22.2. The predicted molar refractivity (Wildman–Crippen MR) is 64.3 cm³/mol. The summed E-state index contributed by atoms with van der Waals surface area (Å²) < 4.78 is 0. The Morgan fingerprint density at radius 3 is 2.59 bits per heavy atom. The van der Waals surface area contributed by atoms with Crippen LogP contribution in [0.1, 0.15) is 5.56 Å². The minimum atomic E-state index is -0.579. The van der Waals surface area contributed by atoms with E-state index in [0.29, 0.717) is 6.42 Å². The van der Waals surface area contributed by atoms with Gasteiger partial charge in [-0.2, -0.15) is 5.26 Å². The van der Waals surface area contributed by atoms with Gasteiger partial charge in [-0.25, -0.2) is 0 Å². The van der Waals surface area contributed by atoms with Gasteiger partial charge in [-0.1, -0.05) is 12.1 Å². The zero-order valence-electron chi connectivity index (χ0n) is 8.77. The monoisotopic (exact) mass is 247 g/mol. The van der Waals surface area contributed by atoms with E-state index in [-0.39, 0.29) is 11.1 Å². The minimum Gasteiger partial charge on any atom is -0.365 e. The fourth-order valence-corrected chi connectivity index (χ4v) is 2.15. The van der Waals surface area contributed by atoms with Gasteiger partial charge in [0.25, 0.3) is 11.1 Å². The van der Waals surface area contributed by atoms with Crippen molar-refractivity contribution in [3.63, 3.8) is 0 Å². The average molecular weight is 247 g/mol. The Bertz CT molecular complexity index is 492. The molecule has 0 radical (unpaired) electrons. The van der Waals surface area contributed by atoms with Gasteiger partial charge in [-0.05, 0) is 29.5 Å². The minimum absolute atomic E-state index is 0.332. The van der Waals surface area contributed by atoms with Gasteiger partial charge < -0.3 is 5.32 Å². The molecule has 0 aliphatic carbocycles. The molecular formula is C11H9N3O2S. The Morgan fingerprint density at radius 2 is 2.06 bits per heavy atom. The molecule has 0 aromatic heterocycles. The second-order valence-electron chi connectivity index (χ2n) is 3.45. The van der Waals surface area contributed by atoms with E-state index >= 15 is 0 Å². The first kappa shape index (κ1) is 11.5. The van der Waals surface area contributed by atoms with Gasteiger partial charge in [0, 0.05) is 5.69 Å². The highest BCUT2D eigenvalue weighted by atomic mass is 32.2. The van der Waals surface area contributed by atoms with Crippen LogP contribution in [0.2, 0.25) is 0 Å². The van der Waals surface area contributed by atoms with E-state index in [4.69, 9.17) is 5.26 Å². The van der Waals surface area contributed by atoms with Crippen LogP contribution in [0.5, 0.6) is 0 Å². The molecule has 0 unspecified atom stereocenters. The van der Waals surface area contributed by atoms with Crippen molar-refractivity contribution in [2.24, 2.45) is 0 Å². The molecule has 0 spiro atoms. The number of nitrogens with zero attached hydrogens (tertiary/aromatic N) is 1. The summed E-state index contributed by atoms with van der Waals surface area (Å²) in [5, 5.41) is 12.7. The zero-order chi connectivity index (χ0) is 12.3. The normalized spacial score (nSPS) is 18.6. The second kappa shape index (κ2) is 4.89. The van der Waals surface area contributed by atoms with E-state index in [1.165, 1.54) is 0 Å². The number of carbonyl (C=O) groups excluding carboxylic acids is 2. The number of carbonyl (C=O) groups is 2. The van der Waals surface area contributed by atoms with E-state index in [0.717, 1.165) is 23.0 Å². The van der Waals surface area contributed by atoms with Gasteiger partial charge in [0.05, 0.1) is 12.5 Å². The molecule has 1 saturated heterocycles. The molecule has 2 N–H and O–H groups in total. The van der Waals surface area contributed by atoms with Gasteiger partial charge >= 0.3 is 0 Å². The Hall–Kier alpha value is -2.00. The molecule has 2 rings (SSSR count). The number of anilines is 1. The Labute approximate surface area is 102 Å². The third kappa shape index (κ3) is 2.77. The molecule has 5 nitrogen and oxygen atoms in total. The van der Waals surface area contributed by atoms with Gasteiger partial charge in [0.1, 0.15) is 0 Å². The van der Waals surface area contributed by atoms with Crippen LogP contribution in [0.4, 0.5) is 10.5 Å². The summed E-state index contributed by atoms with van der Waals surface area (Å²) in [5.41, 5.74) is 1.66. The van der Waals surface area contributed by atoms with Crippen molar-refractivity contribution >= 4 is 28.6 Å². The quantitative estimate of drug-likeness (QED) is 0.845. The summed E-state index contributed by atoms with van der Waals surface area (Å²) in [6, 6.07) is 9.24. The Morgan fingerprint density at radius 1 is 1.35 bits per heavy atom. The molecule has 1 atom stereocenters. The maximum atomic E-state index is 11.3. The number of rotatable bonds is 3. The van der Waals surface area contributed by atoms with Crippen LogP contribution in [0.15, 0.2) is 24.3 Å². The zero-order valence-corrected chi connectivity index (χ0v) is 9.58. The maximum absolute atomic E-state index is 11.3. The SMILES string of the molecule is N#CCc1ccc(N[C@H]2SC(=O)NC2=O)cc1. The molecule has 1 fully saturated rings. The number of imide groups is 1. The number of nitriles is 1. The third-order valence-corrected chi connectivity index (χ3v) is 3.11. The highest BCUT2D eigenvalue weighted by Crippen LogP contribution is 2.21. The fraction of sp³-hybridized carbons (Fsp3) is 0.182. The number of hydrogen-bond acceptors (Lipinski definition) is 5. The van der Waals surface area contributed by atoms with Crippen molar-refractivity contribution in [3.8, 4) is 6.07 Å². The van der Waals surface area contributed by atoms with E-state index in [9.17, 15) is 9.59 Å². The topological polar surface area (TPSA) is 82.0 Å². The van der Waals surface area contributed by atoms with Crippen LogP contribution in [0.3, 0.4) is 0 Å². The predicted octanol–water partition coefficient (Wildman–Crippen LogP) is 1.47. The number of thioether (sulfide) groups is 1. The Kier molecular flexibility index (Phi) is 3.30. The summed E-state index contributed by atoms with van der Waals surface area (Å²) >= 11 is 0.920. The lowest BCUT2D eigenvalue weighted by Crippen LogP contribution is -2.29. The van der Waals surface area contributed by atoms with E-state index in [1.807, 2.05) is 12.1 Å². The molecule has 2 amide bonds. The van der Waals surface area contributed by atoms with Crippen molar-refractivity contribution in [2.75, 3.05) is 5.32 Å². The van der Waals surface area contributed by atoms with Crippen LogP contribution >= 0.6 is 11.8 Å². The molecule has 17 heavy (non-hydrogen) atoms. The lowest BCUT2D eigenvalue weighted by Gasteiger charge is -2.09. The van der Waals surface area contributed by atoms with Gasteiger partial charge in [0.15, 0.2) is 5.37 Å². The number of nitrogens with one attached hydrogen (secondary N) is 2. The molecule has 1 aromatic rings. The average Bonchev–Trinajstić information content (AvgIpc) is 2.61. The Balaban J connectivity index is 2.02. The summed E-state index contributed by atoms with van der Waals surface area (Å²) in [6.45, 7) is 0.